The average Bonchev–Trinajstić information content (AvgIpc) is 3.12. The van der Waals surface area contributed by atoms with Crippen LogP contribution in [0.25, 0.3) is 0 Å². The molecular formula is C18H16ClN5O2S. The number of aromatic nitrogens is 2. The fourth-order valence-electron chi connectivity index (χ4n) is 2.17. The molecular weight excluding hydrogens is 386 g/mol. The van der Waals surface area contributed by atoms with Crippen molar-refractivity contribution in [2.45, 2.75) is 13.5 Å². The largest absolute Gasteiger partial charge is 0.331 e. The summed E-state index contributed by atoms with van der Waals surface area (Å²) in [4.78, 5) is 24.2. The number of urea groups is 1. The molecule has 1 aromatic heterocycles. The van der Waals surface area contributed by atoms with E-state index in [2.05, 4.69) is 26.1 Å². The third-order valence-corrected chi connectivity index (χ3v) is 4.70. The molecule has 0 saturated heterocycles. The maximum Gasteiger partial charge on any atom is 0.319 e. The number of carbonyl (C=O) groups is 2. The predicted octanol–water partition coefficient (Wildman–Crippen LogP) is 4.07. The number of aryl methyl sites for hydroxylation is 1. The van der Waals surface area contributed by atoms with Crippen LogP contribution in [0.5, 0.6) is 0 Å². The van der Waals surface area contributed by atoms with Crippen molar-refractivity contribution >= 4 is 46.3 Å². The van der Waals surface area contributed by atoms with Crippen molar-refractivity contribution in [3.8, 4) is 0 Å². The average molecular weight is 402 g/mol. The second-order valence-electron chi connectivity index (χ2n) is 5.61. The van der Waals surface area contributed by atoms with Gasteiger partial charge in [0.1, 0.15) is 5.01 Å². The van der Waals surface area contributed by atoms with E-state index >= 15 is 0 Å². The van der Waals surface area contributed by atoms with Crippen molar-refractivity contribution in [1.82, 2.24) is 15.5 Å². The van der Waals surface area contributed by atoms with Crippen LogP contribution >= 0.6 is 22.9 Å². The number of anilines is 2. The number of halogens is 1. The number of hydrogen-bond donors (Lipinski definition) is 3. The summed E-state index contributed by atoms with van der Waals surface area (Å²) in [5, 5.41) is 17.0. The van der Waals surface area contributed by atoms with E-state index in [1.54, 1.807) is 24.3 Å². The van der Waals surface area contributed by atoms with E-state index in [0.29, 0.717) is 21.4 Å². The normalized spacial score (nSPS) is 10.3. The summed E-state index contributed by atoms with van der Waals surface area (Å²) in [6.07, 6.45) is 0. The molecule has 9 heteroatoms. The lowest BCUT2D eigenvalue weighted by atomic mass is 10.2. The number of amides is 3. The first kappa shape index (κ1) is 18.8. The third kappa shape index (κ3) is 5.25. The lowest BCUT2D eigenvalue weighted by Crippen LogP contribution is -2.28. The van der Waals surface area contributed by atoms with Crippen LogP contribution in [0.2, 0.25) is 5.02 Å². The van der Waals surface area contributed by atoms with Crippen LogP contribution in [0.1, 0.15) is 20.4 Å². The van der Waals surface area contributed by atoms with Gasteiger partial charge in [-0.1, -0.05) is 47.2 Å². The summed E-state index contributed by atoms with van der Waals surface area (Å²) in [6.45, 7) is 2.06. The van der Waals surface area contributed by atoms with Crippen LogP contribution in [-0.2, 0) is 6.54 Å². The summed E-state index contributed by atoms with van der Waals surface area (Å²) in [5.74, 6) is -0.346. The first-order valence-corrected chi connectivity index (χ1v) is 9.20. The second kappa shape index (κ2) is 8.61. The summed E-state index contributed by atoms with van der Waals surface area (Å²) in [6, 6.07) is 14.0. The van der Waals surface area contributed by atoms with Crippen LogP contribution in [0, 0.1) is 6.92 Å². The molecule has 1 heterocycles. The molecule has 0 aliphatic rings. The SMILES string of the molecule is Cc1ccc(NC(=O)NCc2nnc(C(=O)Nc3ccccc3)s2)c(Cl)c1. The Bertz CT molecular complexity index is 961. The van der Waals surface area contributed by atoms with Gasteiger partial charge in [-0.05, 0) is 36.8 Å². The molecule has 3 amide bonds. The van der Waals surface area contributed by atoms with Gasteiger partial charge < -0.3 is 16.0 Å². The second-order valence-corrected chi connectivity index (χ2v) is 7.08. The van der Waals surface area contributed by atoms with Gasteiger partial charge in [0.25, 0.3) is 5.91 Å². The Balaban J connectivity index is 1.53. The number of para-hydroxylation sites is 1. The summed E-state index contributed by atoms with van der Waals surface area (Å²) >= 11 is 7.20. The highest BCUT2D eigenvalue weighted by Crippen LogP contribution is 2.22. The zero-order chi connectivity index (χ0) is 19.2. The molecule has 0 fully saturated rings. The van der Waals surface area contributed by atoms with Gasteiger partial charge in [0.15, 0.2) is 0 Å². The Labute approximate surface area is 164 Å². The smallest absolute Gasteiger partial charge is 0.319 e. The molecule has 7 nitrogen and oxygen atoms in total. The van der Waals surface area contributed by atoms with Gasteiger partial charge in [0.2, 0.25) is 5.01 Å². The molecule has 0 spiro atoms. The van der Waals surface area contributed by atoms with Gasteiger partial charge in [-0.25, -0.2) is 4.79 Å². The van der Waals surface area contributed by atoms with E-state index in [-0.39, 0.29) is 17.5 Å². The fraction of sp³-hybridized carbons (Fsp3) is 0.111. The Morgan fingerprint density at radius 3 is 2.59 bits per heavy atom. The molecule has 0 atom stereocenters. The molecule has 0 bridgehead atoms. The zero-order valence-electron chi connectivity index (χ0n) is 14.3. The van der Waals surface area contributed by atoms with Gasteiger partial charge in [-0.2, -0.15) is 0 Å². The number of benzene rings is 2. The molecule has 0 aliphatic carbocycles. The first-order valence-electron chi connectivity index (χ1n) is 8.01. The number of hydrogen-bond acceptors (Lipinski definition) is 5. The molecule has 3 rings (SSSR count). The zero-order valence-corrected chi connectivity index (χ0v) is 15.9. The molecule has 0 radical (unpaired) electrons. The standard InChI is InChI=1S/C18H16ClN5O2S/c1-11-7-8-14(13(19)9-11)22-18(26)20-10-15-23-24-17(27-15)16(25)21-12-5-3-2-4-6-12/h2-9H,10H2,1H3,(H,21,25)(H2,20,22,26). The Morgan fingerprint density at radius 2 is 1.85 bits per heavy atom. The van der Waals surface area contributed by atoms with Crippen molar-refractivity contribution in [2.24, 2.45) is 0 Å². The Morgan fingerprint density at radius 1 is 1.07 bits per heavy atom. The minimum atomic E-state index is -0.425. The predicted molar refractivity (Wildman–Crippen MR) is 106 cm³/mol. The van der Waals surface area contributed by atoms with Crippen molar-refractivity contribution in [3.05, 3.63) is 69.1 Å². The van der Waals surface area contributed by atoms with Crippen LogP contribution in [0.3, 0.4) is 0 Å². The molecule has 0 unspecified atom stereocenters. The van der Waals surface area contributed by atoms with E-state index in [0.717, 1.165) is 16.9 Å². The Kier molecular flexibility index (Phi) is 6.00. The molecule has 0 aliphatic heterocycles. The molecule has 0 saturated carbocycles. The topological polar surface area (TPSA) is 96.0 Å². The van der Waals surface area contributed by atoms with E-state index in [9.17, 15) is 9.59 Å². The monoisotopic (exact) mass is 401 g/mol. The van der Waals surface area contributed by atoms with Gasteiger partial charge >= 0.3 is 6.03 Å². The minimum absolute atomic E-state index is 0.144. The van der Waals surface area contributed by atoms with Gasteiger partial charge in [-0.3, -0.25) is 4.79 Å². The van der Waals surface area contributed by atoms with Gasteiger partial charge in [0, 0.05) is 5.69 Å². The summed E-state index contributed by atoms with van der Waals surface area (Å²) in [5.41, 5.74) is 2.19. The first-order chi connectivity index (χ1) is 13.0. The maximum atomic E-state index is 12.2. The lowest BCUT2D eigenvalue weighted by Gasteiger charge is -2.08. The van der Waals surface area contributed by atoms with Crippen LogP contribution in [0.15, 0.2) is 48.5 Å². The number of rotatable bonds is 5. The number of nitrogens with zero attached hydrogens (tertiary/aromatic N) is 2. The van der Waals surface area contributed by atoms with Crippen LogP contribution < -0.4 is 16.0 Å². The van der Waals surface area contributed by atoms with E-state index in [4.69, 9.17) is 11.6 Å². The highest BCUT2D eigenvalue weighted by atomic mass is 35.5. The van der Waals surface area contributed by atoms with E-state index < -0.39 is 6.03 Å². The van der Waals surface area contributed by atoms with Crippen molar-refractivity contribution in [3.63, 3.8) is 0 Å². The fourth-order valence-corrected chi connectivity index (χ4v) is 3.12. The van der Waals surface area contributed by atoms with E-state index in [1.165, 1.54) is 0 Å². The summed E-state index contributed by atoms with van der Waals surface area (Å²) in [7, 11) is 0. The quantitative estimate of drug-likeness (QED) is 0.600. The van der Waals surface area contributed by atoms with Gasteiger partial charge in [-0.15, -0.1) is 10.2 Å². The molecule has 2 aromatic carbocycles. The van der Waals surface area contributed by atoms with Crippen molar-refractivity contribution in [1.29, 1.82) is 0 Å². The molecule has 27 heavy (non-hydrogen) atoms. The summed E-state index contributed by atoms with van der Waals surface area (Å²) < 4.78 is 0. The molecule has 3 aromatic rings. The highest BCUT2D eigenvalue weighted by molar-refractivity contribution is 7.13. The molecule has 138 valence electrons. The number of nitrogens with one attached hydrogen (secondary N) is 3. The van der Waals surface area contributed by atoms with Crippen LogP contribution in [0.4, 0.5) is 16.2 Å². The minimum Gasteiger partial charge on any atom is -0.331 e. The maximum absolute atomic E-state index is 12.2. The lowest BCUT2D eigenvalue weighted by molar-refractivity contribution is 0.102. The van der Waals surface area contributed by atoms with Crippen LogP contribution in [-0.4, -0.2) is 22.1 Å². The van der Waals surface area contributed by atoms with Crippen molar-refractivity contribution < 1.29 is 9.59 Å². The number of carbonyl (C=O) groups excluding carboxylic acids is 2. The third-order valence-electron chi connectivity index (χ3n) is 3.47. The highest BCUT2D eigenvalue weighted by Gasteiger charge is 2.14. The van der Waals surface area contributed by atoms with Gasteiger partial charge in [0.05, 0.1) is 17.3 Å². The molecule has 3 N–H and O–H groups in total. The van der Waals surface area contributed by atoms with Crippen molar-refractivity contribution in [2.75, 3.05) is 10.6 Å². The van der Waals surface area contributed by atoms with E-state index in [1.807, 2.05) is 31.2 Å². The Hall–Kier alpha value is -2.97.